The number of ether oxygens (including phenoxy) is 1. The number of aliphatic hydroxyl groups is 1. The highest BCUT2D eigenvalue weighted by Crippen LogP contribution is 2.16. The summed E-state index contributed by atoms with van der Waals surface area (Å²) in [5.74, 6) is 0.627. The van der Waals surface area contributed by atoms with Crippen LogP contribution < -0.4 is 4.74 Å². The van der Waals surface area contributed by atoms with Gasteiger partial charge in [0, 0.05) is 26.1 Å². The molecule has 1 atom stereocenters. The molecular formula is C18H25N3O2. The Morgan fingerprint density at radius 2 is 1.87 bits per heavy atom. The second-order valence-corrected chi connectivity index (χ2v) is 6.80. The first kappa shape index (κ1) is 19.0. The maximum Gasteiger partial charge on any atom is 0.119 e. The normalized spacial score (nSPS) is 12.5. The van der Waals surface area contributed by atoms with Gasteiger partial charge < -0.3 is 9.84 Å². The van der Waals surface area contributed by atoms with Crippen molar-refractivity contribution in [1.82, 2.24) is 4.90 Å². The van der Waals surface area contributed by atoms with Crippen LogP contribution in [0.1, 0.15) is 32.8 Å². The maximum atomic E-state index is 10.2. The van der Waals surface area contributed by atoms with Crippen molar-refractivity contribution in [3.8, 4) is 17.9 Å². The molecule has 0 aromatic heterocycles. The first-order valence-electron chi connectivity index (χ1n) is 7.74. The van der Waals surface area contributed by atoms with E-state index < -0.39 is 6.10 Å². The van der Waals surface area contributed by atoms with Gasteiger partial charge >= 0.3 is 0 Å². The molecule has 0 unspecified atom stereocenters. The van der Waals surface area contributed by atoms with E-state index in [1.807, 2.05) is 6.07 Å². The summed E-state index contributed by atoms with van der Waals surface area (Å²) in [5, 5.41) is 27.7. The van der Waals surface area contributed by atoms with Crippen LogP contribution in [0.3, 0.4) is 0 Å². The molecule has 0 amide bonds. The molecule has 1 N–H and O–H groups in total. The summed E-state index contributed by atoms with van der Waals surface area (Å²) in [6.07, 6.45) is -0.189. The summed E-state index contributed by atoms with van der Waals surface area (Å²) >= 11 is 0. The minimum Gasteiger partial charge on any atom is -0.491 e. The molecule has 0 bridgehead atoms. The average Bonchev–Trinajstić information content (AvgIpc) is 2.49. The van der Waals surface area contributed by atoms with Crippen molar-refractivity contribution in [1.29, 1.82) is 10.5 Å². The topological polar surface area (TPSA) is 80.3 Å². The van der Waals surface area contributed by atoms with Crippen molar-refractivity contribution in [2.24, 2.45) is 5.41 Å². The minimum absolute atomic E-state index is 0.100. The Bertz CT molecular complexity index is 550. The van der Waals surface area contributed by atoms with Gasteiger partial charge in [-0.15, -0.1) is 0 Å². The van der Waals surface area contributed by atoms with E-state index in [-0.39, 0.29) is 12.0 Å². The quantitative estimate of drug-likeness (QED) is 0.797. The van der Waals surface area contributed by atoms with Gasteiger partial charge in [0.1, 0.15) is 18.5 Å². The van der Waals surface area contributed by atoms with E-state index in [2.05, 4.69) is 31.7 Å². The average molecular weight is 315 g/mol. The summed E-state index contributed by atoms with van der Waals surface area (Å²) in [7, 11) is 0. The van der Waals surface area contributed by atoms with Crippen LogP contribution >= 0.6 is 0 Å². The fourth-order valence-electron chi connectivity index (χ4n) is 2.28. The zero-order valence-electron chi connectivity index (χ0n) is 14.1. The van der Waals surface area contributed by atoms with Gasteiger partial charge in [0.2, 0.25) is 0 Å². The van der Waals surface area contributed by atoms with E-state index in [9.17, 15) is 5.11 Å². The molecule has 0 aliphatic carbocycles. The summed E-state index contributed by atoms with van der Waals surface area (Å²) in [5.41, 5.74) is 0.675. The number of nitrogens with zero attached hydrogens (tertiary/aromatic N) is 3. The van der Waals surface area contributed by atoms with Crippen molar-refractivity contribution in [2.45, 2.75) is 33.3 Å². The smallest absolute Gasteiger partial charge is 0.119 e. The van der Waals surface area contributed by atoms with Crippen molar-refractivity contribution >= 4 is 0 Å². The number of nitriles is 2. The SMILES string of the molecule is CC(C)(C)CN(CCC#N)C[C@@H](O)COc1ccc(C#N)cc1. The molecular weight excluding hydrogens is 290 g/mol. The molecule has 1 rings (SSSR count). The Morgan fingerprint density at radius 3 is 2.39 bits per heavy atom. The summed E-state index contributed by atoms with van der Waals surface area (Å²) in [6, 6.07) is 11.0. The molecule has 0 saturated heterocycles. The first-order chi connectivity index (χ1) is 10.8. The van der Waals surface area contributed by atoms with E-state index in [0.717, 1.165) is 6.54 Å². The lowest BCUT2D eigenvalue weighted by Crippen LogP contribution is -2.40. The van der Waals surface area contributed by atoms with Gasteiger partial charge in [-0.2, -0.15) is 10.5 Å². The van der Waals surface area contributed by atoms with Crippen LogP contribution in [0.15, 0.2) is 24.3 Å². The number of benzene rings is 1. The van der Waals surface area contributed by atoms with Gasteiger partial charge in [-0.05, 0) is 29.7 Å². The van der Waals surface area contributed by atoms with Gasteiger partial charge in [0.15, 0.2) is 0 Å². The van der Waals surface area contributed by atoms with Crippen molar-refractivity contribution in [2.75, 3.05) is 26.2 Å². The van der Waals surface area contributed by atoms with Crippen LogP contribution in [0.2, 0.25) is 0 Å². The Hall–Kier alpha value is -2.08. The number of hydrogen-bond donors (Lipinski definition) is 1. The Kier molecular flexibility index (Phi) is 7.54. The molecule has 23 heavy (non-hydrogen) atoms. The fourth-order valence-corrected chi connectivity index (χ4v) is 2.28. The van der Waals surface area contributed by atoms with Crippen LogP contribution in [-0.4, -0.2) is 42.4 Å². The van der Waals surface area contributed by atoms with E-state index >= 15 is 0 Å². The standard InChI is InChI=1S/C18H25N3O2/c1-18(2,3)14-21(10-4-9-19)12-16(22)13-23-17-7-5-15(11-20)6-8-17/h5-8,16,22H,4,10,12-14H2,1-3H3/t16-/m1/s1. The lowest BCUT2D eigenvalue weighted by molar-refractivity contribution is 0.0573. The molecule has 5 nitrogen and oxygen atoms in total. The Morgan fingerprint density at radius 1 is 1.22 bits per heavy atom. The third-order valence-electron chi connectivity index (χ3n) is 3.13. The zero-order chi connectivity index (χ0) is 17.3. The minimum atomic E-state index is -0.633. The Balaban J connectivity index is 2.49. The predicted octanol–water partition coefficient (Wildman–Crippen LogP) is 2.56. The van der Waals surface area contributed by atoms with E-state index in [1.54, 1.807) is 24.3 Å². The van der Waals surface area contributed by atoms with Gasteiger partial charge in [0.05, 0.1) is 17.7 Å². The molecule has 1 aromatic rings. The highest BCUT2D eigenvalue weighted by Gasteiger charge is 2.19. The highest BCUT2D eigenvalue weighted by molar-refractivity contribution is 5.34. The summed E-state index contributed by atoms with van der Waals surface area (Å²) in [6.45, 7) is 8.49. The molecule has 0 spiro atoms. The van der Waals surface area contributed by atoms with Crippen molar-refractivity contribution in [3.63, 3.8) is 0 Å². The summed E-state index contributed by atoms with van der Waals surface area (Å²) < 4.78 is 5.55. The van der Waals surface area contributed by atoms with Crippen LogP contribution in [0, 0.1) is 28.1 Å². The van der Waals surface area contributed by atoms with Crippen LogP contribution in [0.25, 0.3) is 0 Å². The second kappa shape index (κ2) is 9.15. The molecule has 124 valence electrons. The maximum absolute atomic E-state index is 10.2. The number of aliphatic hydroxyl groups excluding tert-OH is 1. The lowest BCUT2D eigenvalue weighted by Gasteiger charge is -2.30. The van der Waals surface area contributed by atoms with Gasteiger partial charge in [0.25, 0.3) is 0 Å². The molecule has 0 fully saturated rings. The molecule has 0 saturated carbocycles. The third kappa shape index (κ3) is 8.21. The third-order valence-corrected chi connectivity index (χ3v) is 3.13. The van der Waals surface area contributed by atoms with Crippen molar-refractivity contribution < 1.29 is 9.84 Å². The number of hydrogen-bond acceptors (Lipinski definition) is 5. The fraction of sp³-hybridized carbons (Fsp3) is 0.556. The second-order valence-electron chi connectivity index (χ2n) is 6.80. The number of rotatable bonds is 8. The van der Waals surface area contributed by atoms with E-state index in [0.29, 0.717) is 30.8 Å². The van der Waals surface area contributed by atoms with Crippen LogP contribution in [0.4, 0.5) is 0 Å². The van der Waals surface area contributed by atoms with Crippen LogP contribution in [-0.2, 0) is 0 Å². The largest absolute Gasteiger partial charge is 0.491 e. The zero-order valence-corrected chi connectivity index (χ0v) is 14.1. The van der Waals surface area contributed by atoms with Gasteiger partial charge in [-0.3, -0.25) is 4.90 Å². The summed E-state index contributed by atoms with van der Waals surface area (Å²) in [4.78, 5) is 2.09. The molecule has 0 radical (unpaired) electrons. The monoisotopic (exact) mass is 315 g/mol. The molecule has 0 heterocycles. The highest BCUT2D eigenvalue weighted by atomic mass is 16.5. The van der Waals surface area contributed by atoms with E-state index in [4.69, 9.17) is 15.3 Å². The molecule has 0 aliphatic rings. The lowest BCUT2D eigenvalue weighted by atomic mass is 9.96. The molecule has 0 aliphatic heterocycles. The Labute approximate surface area is 138 Å². The molecule has 5 heteroatoms. The predicted molar refractivity (Wildman–Crippen MR) is 88.8 cm³/mol. The first-order valence-corrected chi connectivity index (χ1v) is 7.74. The van der Waals surface area contributed by atoms with Gasteiger partial charge in [-0.1, -0.05) is 20.8 Å². The molecule has 1 aromatic carbocycles. The van der Waals surface area contributed by atoms with E-state index in [1.165, 1.54) is 0 Å². The van der Waals surface area contributed by atoms with Gasteiger partial charge in [-0.25, -0.2) is 0 Å². The van der Waals surface area contributed by atoms with Crippen LogP contribution in [0.5, 0.6) is 5.75 Å². The van der Waals surface area contributed by atoms with Crippen molar-refractivity contribution in [3.05, 3.63) is 29.8 Å².